The standard InChI is InChI=1S/C11H11N3OS/c15-11(9-6-13-16-14-9)8-4-3-7-2-1-5-12-10(7)8/h1-2,5-6,8,11,15H,3-4H2. The van der Waals surface area contributed by atoms with E-state index in [1.54, 1.807) is 12.4 Å². The van der Waals surface area contributed by atoms with E-state index < -0.39 is 6.10 Å². The van der Waals surface area contributed by atoms with Gasteiger partial charge in [0.2, 0.25) is 0 Å². The Hall–Kier alpha value is -1.33. The van der Waals surface area contributed by atoms with Crippen LogP contribution in [0.1, 0.15) is 35.4 Å². The van der Waals surface area contributed by atoms with Crippen LogP contribution in [-0.2, 0) is 6.42 Å². The monoisotopic (exact) mass is 233 g/mol. The fraction of sp³-hybridized carbons (Fsp3) is 0.364. The Bertz CT molecular complexity index is 486. The van der Waals surface area contributed by atoms with Gasteiger partial charge in [-0.15, -0.1) is 0 Å². The molecule has 16 heavy (non-hydrogen) atoms. The molecule has 2 aromatic heterocycles. The molecule has 1 aliphatic carbocycles. The molecule has 0 radical (unpaired) electrons. The number of hydrogen-bond donors (Lipinski definition) is 1. The molecule has 0 bridgehead atoms. The second-order valence-electron chi connectivity index (χ2n) is 3.97. The maximum atomic E-state index is 10.2. The average molecular weight is 233 g/mol. The molecule has 2 unspecified atom stereocenters. The summed E-state index contributed by atoms with van der Waals surface area (Å²) in [5.41, 5.74) is 2.92. The van der Waals surface area contributed by atoms with Crippen molar-refractivity contribution in [3.8, 4) is 0 Å². The quantitative estimate of drug-likeness (QED) is 0.857. The molecule has 0 spiro atoms. The van der Waals surface area contributed by atoms with Crippen molar-refractivity contribution < 1.29 is 5.11 Å². The Balaban J connectivity index is 1.93. The highest BCUT2D eigenvalue weighted by Gasteiger charge is 2.31. The second kappa shape index (κ2) is 3.92. The molecular weight excluding hydrogens is 222 g/mol. The molecule has 5 heteroatoms. The largest absolute Gasteiger partial charge is 0.386 e. The minimum atomic E-state index is -0.574. The first-order chi connectivity index (χ1) is 7.86. The summed E-state index contributed by atoms with van der Waals surface area (Å²) in [5, 5.41) is 10.2. The Kier molecular flexibility index (Phi) is 2.41. The van der Waals surface area contributed by atoms with Crippen LogP contribution in [0.5, 0.6) is 0 Å². The summed E-state index contributed by atoms with van der Waals surface area (Å²) in [6.07, 6.45) is 4.77. The lowest BCUT2D eigenvalue weighted by Gasteiger charge is -2.15. The predicted octanol–water partition coefficient (Wildman–Crippen LogP) is 1.70. The first-order valence-electron chi connectivity index (χ1n) is 5.25. The predicted molar refractivity (Wildman–Crippen MR) is 60.2 cm³/mol. The number of nitrogens with zero attached hydrogens (tertiary/aromatic N) is 3. The van der Waals surface area contributed by atoms with E-state index in [1.165, 1.54) is 5.56 Å². The molecule has 1 N–H and O–H groups in total. The summed E-state index contributed by atoms with van der Waals surface area (Å²) in [5.74, 6) is 0.0695. The van der Waals surface area contributed by atoms with Crippen molar-refractivity contribution >= 4 is 11.7 Å². The lowest BCUT2D eigenvalue weighted by molar-refractivity contribution is 0.139. The number of pyridine rings is 1. The third-order valence-corrected chi connectivity index (χ3v) is 3.56. The fourth-order valence-electron chi connectivity index (χ4n) is 2.26. The van der Waals surface area contributed by atoms with Gasteiger partial charge in [-0.3, -0.25) is 4.98 Å². The van der Waals surface area contributed by atoms with Gasteiger partial charge in [-0.1, -0.05) is 6.07 Å². The third kappa shape index (κ3) is 1.52. The number of aromatic nitrogens is 3. The average Bonchev–Trinajstić information content (AvgIpc) is 2.98. The molecule has 0 fully saturated rings. The number of hydrogen-bond acceptors (Lipinski definition) is 5. The maximum Gasteiger partial charge on any atom is 0.107 e. The van der Waals surface area contributed by atoms with Crippen molar-refractivity contribution in [2.24, 2.45) is 0 Å². The van der Waals surface area contributed by atoms with Gasteiger partial charge in [-0.25, -0.2) is 0 Å². The number of aliphatic hydroxyl groups is 1. The van der Waals surface area contributed by atoms with E-state index in [0.29, 0.717) is 5.69 Å². The molecule has 4 nitrogen and oxygen atoms in total. The smallest absolute Gasteiger partial charge is 0.107 e. The lowest BCUT2D eigenvalue weighted by atomic mass is 9.97. The van der Waals surface area contributed by atoms with Crippen molar-refractivity contribution in [1.82, 2.24) is 13.7 Å². The summed E-state index contributed by atoms with van der Waals surface area (Å²) in [6, 6.07) is 4.02. The van der Waals surface area contributed by atoms with Gasteiger partial charge >= 0.3 is 0 Å². The number of aryl methyl sites for hydroxylation is 1. The zero-order chi connectivity index (χ0) is 11.0. The van der Waals surface area contributed by atoms with Crippen molar-refractivity contribution in [3.63, 3.8) is 0 Å². The fourth-order valence-corrected chi connectivity index (χ4v) is 2.71. The van der Waals surface area contributed by atoms with E-state index in [-0.39, 0.29) is 5.92 Å². The summed E-state index contributed by atoms with van der Waals surface area (Å²) in [7, 11) is 0. The molecule has 3 rings (SSSR count). The normalized spacial score (nSPS) is 20.7. The van der Waals surface area contributed by atoms with E-state index in [0.717, 1.165) is 30.3 Å². The van der Waals surface area contributed by atoms with Crippen LogP contribution in [0.4, 0.5) is 0 Å². The van der Waals surface area contributed by atoms with E-state index >= 15 is 0 Å². The van der Waals surface area contributed by atoms with Gasteiger partial charge in [-0.2, -0.15) is 8.75 Å². The zero-order valence-electron chi connectivity index (χ0n) is 8.58. The molecule has 0 amide bonds. The van der Waals surface area contributed by atoms with Crippen molar-refractivity contribution in [2.75, 3.05) is 0 Å². The SMILES string of the molecule is OC(c1cnsn1)C1CCc2cccnc21. The number of fused-ring (bicyclic) bond motifs is 1. The molecule has 0 saturated heterocycles. The summed E-state index contributed by atoms with van der Waals surface area (Å²) < 4.78 is 8.01. The van der Waals surface area contributed by atoms with Crippen LogP contribution >= 0.6 is 11.7 Å². The number of rotatable bonds is 2. The molecule has 82 valence electrons. The third-order valence-electron chi connectivity index (χ3n) is 3.06. The zero-order valence-corrected chi connectivity index (χ0v) is 9.39. The van der Waals surface area contributed by atoms with Gasteiger partial charge in [0.15, 0.2) is 0 Å². The van der Waals surface area contributed by atoms with Gasteiger partial charge in [0, 0.05) is 17.8 Å². The maximum absolute atomic E-state index is 10.2. The molecule has 0 aromatic carbocycles. The summed E-state index contributed by atoms with van der Waals surface area (Å²) in [6.45, 7) is 0. The molecule has 0 saturated carbocycles. The Morgan fingerprint density at radius 1 is 1.50 bits per heavy atom. The van der Waals surface area contributed by atoms with E-state index in [4.69, 9.17) is 0 Å². The first-order valence-corrected chi connectivity index (χ1v) is 5.98. The highest BCUT2D eigenvalue weighted by molar-refractivity contribution is 6.99. The van der Waals surface area contributed by atoms with Crippen molar-refractivity contribution in [3.05, 3.63) is 41.5 Å². The highest BCUT2D eigenvalue weighted by Crippen LogP contribution is 2.39. The van der Waals surface area contributed by atoms with Gasteiger partial charge in [0.05, 0.1) is 17.9 Å². The van der Waals surface area contributed by atoms with Gasteiger partial charge in [0.1, 0.15) is 11.8 Å². The van der Waals surface area contributed by atoms with Gasteiger partial charge in [-0.05, 0) is 24.5 Å². The molecule has 1 aliphatic rings. The molecule has 2 atom stereocenters. The molecule has 0 aliphatic heterocycles. The number of aliphatic hydroxyl groups excluding tert-OH is 1. The van der Waals surface area contributed by atoms with Crippen molar-refractivity contribution in [2.45, 2.75) is 24.9 Å². The van der Waals surface area contributed by atoms with Crippen molar-refractivity contribution in [1.29, 1.82) is 0 Å². The second-order valence-corrected chi connectivity index (χ2v) is 4.53. The van der Waals surface area contributed by atoms with Crippen LogP contribution in [0, 0.1) is 0 Å². The summed E-state index contributed by atoms with van der Waals surface area (Å²) >= 11 is 1.13. The molecular formula is C11H11N3OS. The van der Waals surface area contributed by atoms with Crippen LogP contribution in [-0.4, -0.2) is 18.8 Å². The highest BCUT2D eigenvalue weighted by atomic mass is 32.1. The Labute approximate surface area is 97.3 Å². The van der Waals surface area contributed by atoms with Crippen LogP contribution in [0.25, 0.3) is 0 Å². The van der Waals surface area contributed by atoms with Crippen LogP contribution in [0.15, 0.2) is 24.5 Å². The first kappa shape index (κ1) is 9.86. The minimum absolute atomic E-state index is 0.0695. The van der Waals surface area contributed by atoms with Crippen LogP contribution in [0.3, 0.4) is 0 Å². The molecule has 2 aromatic rings. The van der Waals surface area contributed by atoms with Crippen LogP contribution in [0.2, 0.25) is 0 Å². The topological polar surface area (TPSA) is 58.9 Å². The van der Waals surface area contributed by atoms with Crippen LogP contribution < -0.4 is 0 Å². The Morgan fingerprint density at radius 3 is 3.25 bits per heavy atom. The van der Waals surface area contributed by atoms with Gasteiger partial charge in [0.25, 0.3) is 0 Å². The van der Waals surface area contributed by atoms with E-state index in [9.17, 15) is 5.11 Å². The Morgan fingerprint density at radius 2 is 2.44 bits per heavy atom. The van der Waals surface area contributed by atoms with E-state index in [2.05, 4.69) is 19.8 Å². The lowest BCUT2D eigenvalue weighted by Crippen LogP contribution is -2.09. The van der Waals surface area contributed by atoms with Gasteiger partial charge < -0.3 is 5.11 Å². The molecule has 2 heterocycles. The summed E-state index contributed by atoms with van der Waals surface area (Å²) in [4.78, 5) is 4.37. The minimum Gasteiger partial charge on any atom is -0.386 e. The van der Waals surface area contributed by atoms with E-state index in [1.807, 2.05) is 6.07 Å².